The number of benzene rings is 1. The Morgan fingerprint density at radius 2 is 1.97 bits per heavy atom. The Hall–Kier alpha value is -2.16. The Balaban J connectivity index is 1.76. The van der Waals surface area contributed by atoms with Crippen molar-refractivity contribution in [2.45, 2.75) is 37.0 Å². The van der Waals surface area contributed by atoms with E-state index in [9.17, 15) is 13.2 Å². The van der Waals surface area contributed by atoms with Gasteiger partial charge in [-0.2, -0.15) is 0 Å². The van der Waals surface area contributed by atoms with Gasteiger partial charge in [-0.1, -0.05) is 30.9 Å². The highest BCUT2D eigenvalue weighted by Crippen LogP contribution is 2.28. The quantitative estimate of drug-likeness (QED) is 0.681. The van der Waals surface area contributed by atoms with Crippen molar-refractivity contribution in [1.29, 1.82) is 0 Å². The summed E-state index contributed by atoms with van der Waals surface area (Å²) in [5.74, 6) is 0.803. The van der Waals surface area contributed by atoms with Crippen LogP contribution in [0.4, 0.5) is 5.82 Å². The van der Waals surface area contributed by atoms with Gasteiger partial charge in [0.15, 0.2) is 11.6 Å². The first-order valence-corrected chi connectivity index (χ1v) is 11.7. The smallest absolute Gasteiger partial charge is 0.256 e. The number of amides is 1. The van der Waals surface area contributed by atoms with E-state index in [0.29, 0.717) is 24.1 Å². The summed E-state index contributed by atoms with van der Waals surface area (Å²) in [5.41, 5.74) is 0.156. The molecule has 0 spiro atoms. The van der Waals surface area contributed by atoms with Crippen molar-refractivity contribution < 1.29 is 17.9 Å². The molecule has 0 bridgehead atoms. The summed E-state index contributed by atoms with van der Waals surface area (Å²) >= 11 is 6.06. The Morgan fingerprint density at radius 1 is 1.23 bits per heavy atom. The van der Waals surface area contributed by atoms with Crippen LogP contribution < -0.4 is 10.1 Å². The first-order valence-electron chi connectivity index (χ1n) is 9.90. The lowest BCUT2D eigenvalue weighted by Crippen LogP contribution is -2.23. The van der Waals surface area contributed by atoms with Gasteiger partial charge in [-0.15, -0.1) is 0 Å². The zero-order valence-electron chi connectivity index (χ0n) is 17.1. The number of hydrogen-bond acceptors (Lipinski definition) is 5. The Kier molecular flexibility index (Phi) is 7.33. The molecule has 1 aliphatic carbocycles. The van der Waals surface area contributed by atoms with Crippen molar-refractivity contribution in [3.63, 3.8) is 0 Å². The number of rotatable bonds is 7. The van der Waals surface area contributed by atoms with Crippen molar-refractivity contribution in [1.82, 2.24) is 9.29 Å². The molecule has 0 saturated heterocycles. The van der Waals surface area contributed by atoms with Gasteiger partial charge >= 0.3 is 0 Å². The van der Waals surface area contributed by atoms with Gasteiger partial charge in [-0.3, -0.25) is 4.79 Å². The van der Waals surface area contributed by atoms with Gasteiger partial charge in [0.05, 0.1) is 11.6 Å². The summed E-state index contributed by atoms with van der Waals surface area (Å²) in [6, 6.07) is 7.63. The predicted octanol–water partition coefficient (Wildman–Crippen LogP) is 4.20. The number of ether oxygens (including phenoxy) is 1. The third-order valence-corrected chi connectivity index (χ3v) is 7.45. The van der Waals surface area contributed by atoms with Gasteiger partial charge in [0, 0.05) is 25.9 Å². The number of anilines is 1. The molecule has 2 aromatic rings. The molecular weight excluding hydrogens is 426 g/mol. The number of hydrogen-bond donors (Lipinski definition) is 1. The van der Waals surface area contributed by atoms with E-state index in [1.807, 2.05) is 0 Å². The molecule has 1 aromatic heterocycles. The van der Waals surface area contributed by atoms with Gasteiger partial charge in [0.1, 0.15) is 4.90 Å². The SMILES string of the molecule is CN(C)S(=O)(=O)c1cc(C(=O)Nc2ncccc2OCC2CCCCC2)ccc1Cl. The number of carbonyl (C=O) groups is 1. The van der Waals surface area contributed by atoms with E-state index in [0.717, 1.165) is 17.1 Å². The first kappa shape index (κ1) is 22.5. The second-order valence-electron chi connectivity index (χ2n) is 7.55. The molecule has 1 aromatic carbocycles. The van der Waals surface area contributed by atoms with Gasteiger partial charge < -0.3 is 10.1 Å². The lowest BCUT2D eigenvalue weighted by atomic mass is 9.90. The largest absolute Gasteiger partial charge is 0.489 e. The van der Waals surface area contributed by atoms with Crippen LogP contribution in [0.3, 0.4) is 0 Å². The molecule has 3 rings (SSSR count). The number of pyridine rings is 1. The maximum absolute atomic E-state index is 12.8. The van der Waals surface area contributed by atoms with Crippen molar-refractivity contribution in [3.05, 3.63) is 47.1 Å². The molecule has 1 heterocycles. The van der Waals surface area contributed by atoms with Crippen LogP contribution in [0.5, 0.6) is 5.75 Å². The molecule has 7 nitrogen and oxygen atoms in total. The zero-order chi connectivity index (χ0) is 21.7. The van der Waals surface area contributed by atoms with Gasteiger partial charge in [0.25, 0.3) is 5.91 Å². The number of aromatic nitrogens is 1. The third-order valence-electron chi connectivity index (χ3n) is 5.15. The molecule has 1 N–H and O–H groups in total. The highest BCUT2D eigenvalue weighted by atomic mass is 35.5. The summed E-state index contributed by atoms with van der Waals surface area (Å²) in [6.45, 7) is 0.584. The monoisotopic (exact) mass is 451 g/mol. The Bertz CT molecular complexity index is 1010. The summed E-state index contributed by atoms with van der Waals surface area (Å²) in [4.78, 5) is 16.9. The molecule has 0 radical (unpaired) electrons. The van der Waals surface area contributed by atoms with Gasteiger partial charge in [0.2, 0.25) is 10.0 Å². The molecular formula is C21H26ClN3O4S. The number of sulfonamides is 1. The van der Waals surface area contributed by atoms with Crippen LogP contribution in [-0.4, -0.2) is 44.3 Å². The Labute approximate surface area is 182 Å². The van der Waals surface area contributed by atoms with Crippen molar-refractivity contribution in [3.8, 4) is 5.75 Å². The Morgan fingerprint density at radius 3 is 2.67 bits per heavy atom. The van der Waals surface area contributed by atoms with E-state index in [-0.39, 0.29) is 15.5 Å². The second kappa shape index (κ2) is 9.76. The molecule has 0 aliphatic heterocycles. The minimum Gasteiger partial charge on any atom is -0.489 e. The standard InChI is InChI=1S/C21H26ClN3O4S/c1-25(2)30(27,28)19-13-16(10-11-17(19)22)21(26)24-20-18(9-6-12-23-20)29-14-15-7-4-3-5-8-15/h6,9-13,15H,3-5,7-8,14H2,1-2H3,(H,23,24,26). The maximum atomic E-state index is 12.8. The molecule has 30 heavy (non-hydrogen) atoms. The summed E-state index contributed by atoms with van der Waals surface area (Å²) in [7, 11) is -0.975. The van der Waals surface area contributed by atoms with E-state index in [2.05, 4.69) is 10.3 Å². The molecule has 1 aliphatic rings. The lowest BCUT2D eigenvalue weighted by Gasteiger charge is -2.22. The van der Waals surface area contributed by atoms with Crippen molar-refractivity contribution >= 4 is 33.3 Å². The zero-order valence-corrected chi connectivity index (χ0v) is 18.7. The fourth-order valence-corrected chi connectivity index (χ4v) is 4.77. The van der Waals surface area contributed by atoms with Crippen LogP contribution in [0, 0.1) is 5.92 Å². The number of nitrogens with one attached hydrogen (secondary N) is 1. The molecule has 0 atom stereocenters. The van der Waals surface area contributed by atoms with E-state index >= 15 is 0 Å². The lowest BCUT2D eigenvalue weighted by molar-refractivity contribution is 0.102. The molecule has 162 valence electrons. The average Bonchev–Trinajstić information content (AvgIpc) is 2.74. The van der Waals surface area contributed by atoms with Crippen LogP contribution in [0.15, 0.2) is 41.4 Å². The normalized spacial score (nSPS) is 15.2. The maximum Gasteiger partial charge on any atom is 0.256 e. The van der Waals surface area contributed by atoms with E-state index in [1.165, 1.54) is 51.6 Å². The molecule has 1 saturated carbocycles. The van der Waals surface area contributed by atoms with Crippen LogP contribution in [0.1, 0.15) is 42.5 Å². The van der Waals surface area contributed by atoms with E-state index in [4.69, 9.17) is 16.3 Å². The first-order chi connectivity index (χ1) is 14.3. The van der Waals surface area contributed by atoms with Crippen LogP contribution in [0.25, 0.3) is 0 Å². The van der Waals surface area contributed by atoms with Crippen molar-refractivity contribution in [2.75, 3.05) is 26.0 Å². The van der Waals surface area contributed by atoms with Crippen LogP contribution in [0.2, 0.25) is 5.02 Å². The summed E-state index contributed by atoms with van der Waals surface area (Å²) < 4.78 is 31.9. The van der Waals surface area contributed by atoms with Gasteiger partial charge in [-0.25, -0.2) is 17.7 Å². The minimum atomic E-state index is -3.78. The highest BCUT2D eigenvalue weighted by molar-refractivity contribution is 7.89. The average molecular weight is 452 g/mol. The molecule has 0 unspecified atom stereocenters. The number of halogens is 1. The fraction of sp³-hybridized carbons (Fsp3) is 0.429. The highest BCUT2D eigenvalue weighted by Gasteiger charge is 2.23. The summed E-state index contributed by atoms with van der Waals surface area (Å²) in [6.07, 6.45) is 7.58. The van der Waals surface area contributed by atoms with E-state index < -0.39 is 15.9 Å². The second-order valence-corrected chi connectivity index (χ2v) is 10.1. The summed E-state index contributed by atoms with van der Waals surface area (Å²) in [5, 5.41) is 2.77. The number of carbonyl (C=O) groups excluding carboxylic acids is 1. The topological polar surface area (TPSA) is 88.6 Å². The molecule has 1 amide bonds. The molecule has 1 fully saturated rings. The third kappa shape index (κ3) is 5.30. The van der Waals surface area contributed by atoms with Crippen molar-refractivity contribution in [2.24, 2.45) is 5.92 Å². The molecule has 9 heteroatoms. The predicted molar refractivity (Wildman–Crippen MR) is 117 cm³/mol. The van der Waals surface area contributed by atoms with E-state index in [1.54, 1.807) is 18.3 Å². The van der Waals surface area contributed by atoms with Crippen LogP contribution >= 0.6 is 11.6 Å². The minimum absolute atomic E-state index is 0.0505. The van der Waals surface area contributed by atoms with Gasteiger partial charge in [-0.05, 0) is 49.1 Å². The fourth-order valence-electron chi connectivity index (χ4n) is 3.38. The van der Waals surface area contributed by atoms with Crippen LogP contribution in [-0.2, 0) is 10.0 Å². The number of nitrogens with zero attached hydrogens (tertiary/aromatic N) is 2.